The summed E-state index contributed by atoms with van der Waals surface area (Å²) in [5.41, 5.74) is 5.49. The lowest BCUT2D eigenvalue weighted by molar-refractivity contribution is 0.981. The molecule has 3 N–H and O–H groups in total. The lowest BCUT2D eigenvalue weighted by Crippen LogP contribution is -2.32. The molecule has 0 spiro atoms. The topological polar surface area (TPSA) is 63.3 Å². The summed E-state index contributed by atoms with van der Waals surface area (Å²) in [6.07, 6.45) is 0. The molecule has 1 rings (SSSR count). The molecule has 0 saturated heterocycles. The molecule has 0 aliphatic heterocycles. The Balaban J connectivity index is 3.11. The molecule has 0 fully saturated rings. The summed E-state index contributed by atoms with van der Waals surface area (Å²) in [6, 6.07) is 3.93. The van der Waals surface area contributed by atoms with E-state index in [4.69, 9.17) is 5.84 Å². The standard InChI is InChI=1S/C10H16N4/c1-4-12-10(14-11)9-6-5-7(2)13-8(9)3/h5-6H,4,11H2,1-3H3,(H,12,14). The minimum atomic E-state index is 0.692. The van der Waals surface area contributed by atoms with Crippen LogP contribution < -0.4 is 11.3 Å². The lowest BCUT2D eigenvalue weighted by Gasteiger charge is -2.08. The van der Waals surface area contributed by atoms with Crippen LogP contribution in [0.3, 0.4) is 0 Å². The first-order valence-electron chi connectivity index (χ1n) is 4.64. The van der Waals surface area contributed by atoms with Crippen LogP contribution in [0.4, 0.5) is 0 Å². The molecule has 76 valence electrons. The molecule has 14 heavy (non-hydrogen) atoms. The fourth-order valence-electron chi connectivity index (χ4n) is 1.30. The predicted molar refractivity (Wildman–Crippen MR) is 58.1 cm³/mol. The van der Waals surface area contributed by atoms with Crippen LogP contribution in [0.15, 0.2) is 17.1 Å². The highest BCUT2D eigenvalue weighted by Gasteiger charge is 2.05. The van der Waals surface area contributed by atoms with E-state index in [9.17, 15) is 0 Å². The molecule has 1 aromatic rings. The molecule has 0 saturated carbocycles. The molecule has 0 aliphatic carbocycles. The maximum Gasteiger partial charge on any atom is 0.144 e. The van der Waals surface area contributed by atoms with Gasteiger partial charge < -0.3 is 5.43 Å². The second kappa shape index (κ2) is 4.72. The van der Waals surface area contributed by atoms with Crippen LogP contribution >= 0.6 is 0 Å². The van der Waals surface area contributed by atoms with Crippen molar-refractivity contribution in [1.29, 1.82) is 0 Å². The van der Waals surface area contributed by atoms with Crippen molar-refractivity contribution in [2.75, 3.05) is 6.54 Å². The van der Waals surface area contributed by atoms with Crippen molar-refractivity contribution in [3.05, 3.63) is 29.1 Å². The summed E-state index contributed by atoms with van der Waals surface area (Å²) in [5, 5.41) is 0. The second-order valence-corrected chi connectivity index (χ2v) is 3.05. The van der Waals surface area contributed by atoms with Gasteiger partial charge >= 0.3 is 0 Å². The second-order valence-electron chi connectivity index (χ2n) is 3.05. The Hall–Kier alpha value is -1.42. The smallest absolute Gasteiger partial charge is 0.144 e. The lowest BCUT2D eigenvalue weighted by atomic mass is 10.1. The summed E-state index contributed by atoms with van der Waals surface area (Å²) in [7, 11) is 0. The molecule has 1 aromatic heterocycles. The van der Waals surface area contributed by atoms with Crippen LogP contribution in [0.2, 0.25) is 0 Å². The van der Waals surface area contributed by atoms with Crippen molar-refractivity contribution in [2.24, 2.45) is 10.8 Å². The Morgan fingerprint density at radius 1 is 1.50 bits per heavy atom. The van der Waals surface area contributed by atoms with E-state index in [-0.39, 0.29) is 0 Å². The molecule has 0 amide bonds. The Kier molecular flexibility index (Phi) is 3.59. The number of rotatable bonds is 2. The maximum absolute atomic E-state index is 5.39. The number of nitrogens with zero attached hydrogens (tertiary/aromatic N) is 2. The van der Waals surface area contributed by atoms with E-state index < -0.39 is 0 Å². The zero-order valence-corrected chi connectivity index (χ0v) is 8.83. The fourth-order valence-corrected chi connectivity index (χ4v) is 1.30. The van der Waals surface area contributed by atoms with Crippen LogP contribution in [0, 0.1) is 13.8 Å². The number of aromatic nitrogens is 1. The van der Waals surface area contributed by atoms with Gasteiger partial charge in [-0.3, -0.25) is 9.98 Å². The zero-order valence-electron chi connectivity index (χ0n) is 8.83. The van der Waals surface area contributed by atoms with Gasteiger partial charge in [0.2, 0.25) is 0 Å². The van der Waals surface area contributed by atoms with Crippen LogP contribution in [-0.4, -0.2) is 17.4 Å². The largest absolute Gasteiger partial charge is 0.308 e. The van der Waals surface area contributed by atoms with Crippen molar-refractivity contribution >= 4 is 5.84 Å². The van der Waals surface area contributed by atoms with Gasteiger partial charge in [0, 0.05) is 23.5 Å². The summed E-state index contributed by atoms with van der Waals surface area (Å²) in [4.78, 5) is 8.59. The first kappa shape index (κ1) is 10.7. The molecule has 0 aliphatic rings. The highest BCUT2D eigenvalue weighted by Crippen LogP contribution is 2.06. The van der Waals surface area contributed by atoms with Gasteiger partial charge in [-0.1, -0.05) is 0 Å². The van der Waals surface area contributed by atoms with Crippen LogP contribution in [0.25, 0.3) is 0 Å². The van der Waals surface area contributed by atoms with Crippen molar-refractivity contribution in [2.45, 2.75) is 20.8 Å². The molecular formula is C10H16N4. The van der Waals surface area contributed by atoms with E-state index in [0.29, 0.717) is 12.4 Å². The molecule has 1 heterocycles. The minimum Gasteiger partial charge on any atom is -0.308 e. The van der Waals surface area contributed by atoms with Crippen LogP contribution in [0.5, 0.6) is 0 Å². The zero-order chi connectivity index (χ0) is 10.6. The third kappa shape index (κ3) is 2.29. The number of aliphatic imine (C=N–C) groups is 1. The van der Waals surface area contributed by atoms with Crippen LogP contribution in [-0.2, 0) is 0 Å². The Morgan fingerprint density at radius 2 is 2.21 bits per heavy atom. The highest BCUT2D eigenvalue weighted by molar-refractivity contribution is 5.99. The van der Waals surface area contributed by atoms with Crippen LogP contribution in [0.1, 0.15) is 23.9 Å². The summed E-state index contributed by atoms with van der Waals surface area (Å²) in [6.45, 7) is 6.58. The number of amidine groups is 1. The molecule has 0 atom stereocenters. The fraction of sp³-hybridized carbons (Fsp3) is 0.400. The molecular weight excluding hydrogens is 176 g/mol. The number of hydrogen-bond acceptors (Lipinski definition) is 3. The van der Waals surface area contributed by atoms with Crippen molar-refractivity contribution in [3.63, 3.8) is 0 Å². The summed E-state index contributed by atoms with van der Waals surface area (Å²) < 4.78 is 0. The Bertz CT molecular complexity index is 344. The van der Waals surface area contributed by atoms with Crippen molar-refractivity contribution in [3.8, 4) is 0 Å². The number of hydrazine groups is 1. The number of nitrogens with two attached hydrogens (primary N) is 1. The number of aryl methyl sites for hydroxylation is 2. The Labute approximate surface area is 84.2 Å². The number of hydrogen-bond donors (Lipinski definition) is 2. The quantitative estimate of drug-likeness (QED) is 0.317. The molecule has 4 heteroatoms. The van der Waals surface area contributed by atoms with E-state index in [0.717, 1.165) is 17.0 Å². The molecule has 4 nitrogen and oxygen atoms in total. The van der Waals surface area contributed by atoms with E-state index in [2.05, 4.69) is 15.4 Å². The summed E-state index contributed by atoms with van der Waals surface area (Å²) >= 11 is 0. The molecule has 0 unspecified atom stereocenters. The minimum absolute atomic E-state index is 0.692. The first-order chi connectivity index (χ1) is 6.69. The average molecular weight is 192 g/mol. The maximum atomic E-state index is 5.39. The van der Waals surface area contributed by atoms with Gasteiger partial charge in [0.25, 0.3) is 0 Å². The van der Waals surface area contributed by atoms with Gasteiger partial charge in [0.05, 0.1) is 0 Å². The van der Waals surface area contributed by atoms with E-state index >= 15 is 0 Å². The predicted octanol–water partition coefficient (Wildman–Crippen LogP) is 0.928. The molecule has 0 bridgehead atoms. The van der Waals surface area contributed by atoms with Crippen molar-refractivity contribution < 1.29 is 0 Å². The monoisotopic (exact) mass is 192 g/mol. The first-order valence-corrected chi connectivity index (χ1v) is 4.64. The number of nitrogens with one attached hydrogen (secondary N) is 1. The SMILES string of the molecule is CCN=C(NN)c1ccc(C)nc1C. The van der Waals surface area contributed by atoms with E-state index in [1.165, 1.54) is 0 Å². The highest BCUT2D eigenvalue weighted by atomic mass is 15.2. The van der Waals surface area contributed by atoms with Gasteiger partial charge in [-0.2, -0.15) is 0 Å². The van der Waals surface area contributed by atoms with E-state index in [1.807, 2.05) is 32.9 Å². The normalized spacial score (nSPS) is 11.6. The van der Waals surface area contributed by atoms with Gasteiger partial charge in [-0.25, -0.2) is 5.84 Å². The third-order valence-electron chi connectivity index (χ3n) is 1.93. The number of pyridine rings is 1. The van der Waals surface area contributed by atoms with Crippen molar-refractivity contribution in [1.82, 2.24) is 10.4 Å². The van der Waals surface area contributed by atoms with E-state index in [1.54, 1.807) is 0 Å². The molecule has 0 aromatic carbocycles. The van der Waals surface area contributed by atoms with Gasteiger partial charge in [0.15, 0.2) is 0 Å². The molecule has 0 radical (unpaired) electrons. The van der Waals surface area contributed by atoms with Gasteiger partial charge in [-0.15, -0.1) is 0 Å². The third-order valence-corrected chi connectivity index (χ3v) is 1.93. The Morgan fingerprint density at radius 3 is 2.71 bits per heavy atom. The summed E-state index contributed by atoms with van der Waals surface area (Å²) in [5.74, 6) is 6.08. The van der Waals surface area contributed by atoms with Gasteiger partial charge in [0.1, 0.15) is 5.84 Å². The van der Waals surface area contributed by atoms with Gasteiger partial charge in [-0.05, 0) is 32.9 Å². The average Bonchev–Trinajstić information content (AvgIpc) is 2.15.